The van der Waals surface area contributed by atoms with E-state index in [1.54, 1.807) is 0 Å². The minimum Gasteiger partial charge on any atom is -0.290 e. The van der Waals surface area contributed by atoms with Gasteiger partial charge < -0.3 is 0 Å². The zero-order chi connectivity index (χ0) is 14.3. The quantitative estimate of drug-likeness (QED) is 0.744. The van der Waals surface area contributed by atoms with Gasteiger partial charge >= 0.3 is 6.18 Å². The third-order valence-corrected chi connectivity index (χ3v) is 2.88. The van der Waals surface area contributed by atoms with Gasteiger partial charge in [0, 0.05) is 23.9 Å². The second kappa shape index (κ2) is 4.22. The van der Waals surface area contributed by atoms with Crippen LogP contribution in [0.3, 0.4) is 0 Å². The van der Waals surface area contributed by atoms with Gasteiger partial charge in [0.2, 0.25) is 0 Å². The van der Waals surface area contributed by atoms with Crippen LogP contribution in [0.1, 0.15) is 5.56 Å². The first kappa shape index (κ1) is 12.5. The first-order chi connectivity index (χ1) is 9.45. The van der Waals surface area contributed by atoms with E-state index in [-0.39, 0.29) is 5.43 Å². The fourth-order valence-corrected chi connectivity index (χ4v) is 1.95. The van der Waals surface area contributed by atoms with Gasteiger partial charge in [-0.2, -0.15) is 18.3 Å². The van der Waals surface area contributed by atoms with Crippen molar-refractivity contribution >= 4 is 5.65 Å². The predicted octanol–water partition coefficient (Wildman–Crippen LogP) is 2.71. The summed E-state index contributed by atoms with van der Waals surface area (Å²) in [6.07, 6.45) is -2.94. The highest BCUT2D eigenvalue weighted by Gasteiger charge is 2.30. The predicted molar refractivity (Wildman–Crippen MR) is 66.3 cm³/mol. The summed E-state index contributed by atoms with van der Waals surface area (Å²) >= 11 is 0. The summed E-state index contributed by atoms with van der Waals surface area (Å²) in [7, 11) is 0. The van der Waals surface area contributed by atoms with Gasteiger partial charge in [-0.3, -0.25) is 14.3 Å². The van der Waals surface area contributed by atoms with E-state index in [9.17, 15) is 18.0 Å². The average Bonchev–Trinajstić information content (AvgIpc) is 2.80. The third kappa shape index (κ3) is 2.07. The molecule has 0 fully saturated rings. The molecule has 0 atom stereocenters. The van der Waals surface area contributed by atoms with E-state index < -0.39 is 11.7 Å². The van der Waals surface area contributed by atoms with Crippen LogP contribution in [0.2, 0.25) is 0 Å². The van der Waals surface area contributed by atoms with E-state index >= 15 is 0 Å². The SMILES string of the molecule is O=c1ccn2c(-c3cccc(C(F)(F)F)c3)n[nH]c2c1. The van der Waals surface area contributed by atoms with Crippen molar-refractivity contribution in [2.45, 2.75) is 6.18 Å². The van der Waals surface area contributed by atoms with Crippen LogP contribution in [0.25, 0.3) is 17.0 Å². The summed E-state index contributed by atoms with van der Waals surface area (Å²) in [5, 5.41) is 6.58. The molecule has 0 amide bonds. The molecule has 2 aromatic heterocycles. The fraction of sp³-hybridized carbons (Fsp3) is 0.0769. The third-order valence-electron chi connectivity index (χ3n) is 2.88. The van der Waals surface area contributed by atoms with Gasteiger partial charge in [-0.15, -0.1) is 0 Å². The lowest BCUT2D eigenvalue weighted by atomic mass is 10.1. The van der Waals surface area contributed by atoms with Gasteiger partial charge in [-0.05, 0) is 12.1 Å². The Balaban J connectivity index is 2.19. The zero-order valence-corrected chi connectivity index (χ0v) is 9.98. The molecule has 2 heterocycles. The fourth-order valence-electron chi connectivity index (χ4n) is 1.95. The lowest BCUT2D eigenvalue weighted by molar-refractivity contribution is -0.137. The van der Waals surface area contributed by atoms with Crippen molar-refractivity contribution in [3.05, 3.63) is 58.4 Å². The number of alkyl halides is 3. The monoisotopic (exact) mass is 279 g/mol. The van der Waals surface area contributed by atoms with Crippen molar-refractivity contribution < 1.29 is 13.2 Å². The minimum absolute atomic E-state index is 0.204. The first-order valence-corrected chi connectivity index (χ1v) is 5.69. The summed E-state index contributed by atoms with van der Waals surface area (Å²) < 4.78 is 39.6. The molecule has 0 saturated carbocycles. The van der Waals surface area contributed by atoms with Crippen LogP contribution in [0.4, 0.5) is 13.2 Å². The Morgan fingerprint density at radius 2 is 1.95 bits per heavy atom. The lowest BCUT2D eigenvalue weighted by Gasteiger charge is -2.07. The molecule has 0 bridgehead atoms. The average molecular weight is 279 g/mol. The van der Waals surface area contributed by atoms with Crippen molar-refractivity contribution in [2.24, 2.45) is 0 Å². The molecule has 7 heteroatoms. The smallest absolute Gasteiger partial charge is 0.290 e. The molecule has 0 unspecified atom stereocenters. The van der Waals surface area contributed by atoms with Gasteiger partial charge in [0.05, 0.1) is 5.56 Å². The Morgan fingerprint density at radius 3 is 2.70 bits per heavy atom. The Hall–Kier alpha value is -2.57. The molecule has 0 radical (unpaired) electrons. The molecule has 1 aromatic carbocycles. The number of halogens is 3. The van der Waals surface area contributed by atoms with Crippen LogP contribution in [-0.4, -0.2) is 14.6 Å². The maximum atomic E-state index is 12.7. The van der Waals surface area contributed by atoms with Crippen molar-refractivity contribution in [3.63, 3.8) is 0 Å². The normalized spacial score (nSPS) is 11.9. The number of nitrogens with one attached hydrogen (secondary N) is 1. The summed E-state index contributed by atoms with van der Waals surface area (Å²) in [4.78, 5) is 11.2. The van der Waals surface area contributed by atoms with Crippen LogP contribution < -0.4 is 5.43 Å². The summed E-state index contributed by atoms with van der Waals surface area (Å²) in [6.45, 7) is 0. The van der Waals surface area contributed by atoms with Crippen LogP contribution in [-0.2, 0) is 6.18 Å². The van der Waals surface area contributed by atoms with Gasteiger partial charge in [0.25, 0.3) is 0 Å². The van der Waals surface area contributed by atoms with Crippen LogP contribution in [0, 0.1) is 0 Å². The van der Waals surface area contributed by atoms with Crippen LogP contribution in [0.15, 0.2) is 47.4 Å². The van der Waals surface area contributed by atoms with Gasteiger partial charge in [0.15, 0.2) is 11.3 Å². The molecule has 0 aliphatic heterocycles. The van der Waals surface area contributed by atoms with E-state index in [1.807, 2.05) is 0 Å². The molecular weight excluding hydrogens is 271 g/mol. The number of aromatic amines is 1. The maximum Gasteiger partial charge on any atom is 0.416 e. The lowest BCUT2D eigenvalue weighted by Crippen LogP contribution is -2.05. The van der Waals surface area contributed by atoms with Crippen molar-refractivity contribution in [3.8, 4) is 11.4 Å². The number of hydrogen-bond donors (Lipinski definition) is 1. The highest BCUT2D eigenvalue weighted by Crippen LogP contribution is 2.31. The zero-order valence-electron chi connectivity index (χ0n) is 9.98. The second-order valence-electron chi connectivity index (χ2n) is 4.24. The number of fused-ring (bicyclic) bond motifs is 1. The molecule has 0 aliphatic carbocycles. The van der Waals surface area contributed by atoms with Crippen LogP contribution in [0.5, 0.6) is 0 Å². The number of rotatable bonds is 1. The summed E-state index contributed by atoms with van der Waals surface area (Å²) in [5.41, 5.74) is -0.212. The van der Waals surface area contributed by atoms with E-state index in [0.29, 0.717) is 17.0 Å². The maximum absolute atomic E-state index is 12.7. The minimum atomic E-state index is -4.41. The van der Waals surface area contributed by atoms with Crippen molar-refractivity contribution in [1.29, 1.82) is 0 Å². The van der Waals surface area contributed by atoms with Gasteiger partial charge in [-0.1, -0.05) is 12.1 Å². The topological polar surface area (TPSA) is 50.2 Å². The number of H-pyrrole nitrogens is 1. The van der Waals surface area contributed by atoms with E-state index in [4.69, 9.17) is 0 Å². The Morgan fingerprint density at radius 1 is 1.15 bits per heavy atom. The second-order valence-corrected chi connectivity index (χ2v) is 4.24. The molecule has 3 aromatic rings. The molecule has 0 saturated heterocycles. The molecule has 1 N–H and O–H groups in total. The number of nitrogens with zero attached hydrogens (tertiary/aromatic N) is 2. The number of pyridine rings is 1. The molecule has 0 spiro atoms. The molecule has 4 nitrogen and oxygen atoms in total. The molecule has 20 heavy (non-hydrogen) atoms. The summed E-state index contributed by atoms with van der Waals surface area (Å²) in [6, 6.07) is 7.51. The standard InChI is InChI=1S/C13H8F3N3O/c14-13(15,16)9-3-1-2-8(6-9)12-18-17-11-7-10(20)4-5-19(11)12/h1-7,17H. The van der Waals surface area contributed by atoms with Crippen molar-refractivity contribution in [2.75, 3.05) is 0 Å². The molecular formula is C13H8F3N3O. The van der Waals surface area contributed by atoms with Gasteiger partial charge in [-0.25, -0.2) is 0 Å². The number of benzene rings is 1. The van der Waals surface area contributed by atoms with E-state index in [1.165, 1.54) is 34.9 Å². The van der Waals surface area contributed by atoms with E-state index in [2.05, 4.69) is 10.2 Å². The molecule has 102 valence electrons. The highest BCUT2D eigenvalue weighted by atomic mass is 19.4. The number of hydrogen-bond acceptors (Lipinski definition) is 2. The first-order valence-electron chi connectivity index (χ1n) is 5.69. The van der Waals surface area contributed by atoms with Gasteiger partial charge in [0.1, 0.15) is 5.65 Å². The Bertz CT molecular complexity index is 832. The molecule has 0 aliphatic rings. The van der Waals surface area contributed by atoms with Crippen molar-refractivity contribution in [1.82, 2.24) is 14.6 Å². The highest BCUT2D eigenvalue weighted by molar-refractivity contribution is 5.60. The molecule has 3 rings (SSSR count). The Labute approximate surface area is 110 Å². The Kier molecular flexibility index (Phi) is 2.63. The largest absolute Gasteiger partial charge is 0.416 e. The van der Waals surface area contributed by atoms with E-state index in [0.717, 1.165) is 12.1 Å². The summed E-state index contributed by atoms with van der Waals surface area (Å²) in [5.74, 6) is 0.311. The number of aromatic nitrogens is 3. The van der Waals surface area contributed by atoms with Crippen LogP contribution >= 0.6 is 0 Å².